The Balaban J connectivity index is 2.29. The Morgan fingerprint density at radius 1 is 1.21 bits per heavy atom. The van der Waals surface area contributed by atoms with E-state index in [0.29, 0.717) is 0 Å². The molecule has 1 aliphatic rings. The van der Waals surface area contributed by atoms with Crippen molar-refractivity contribution in [1.82, 2.24) is 0 Å². The third-order valence-corrected chi connectivity index (χ3v) is 2.74. The highest BCUT2D eigenvalue weighted by Crippen LogP contribution is 2.25. The average molecular weight is 198 g/mol. The summed E-state index contributed by atoms with van der Waals surface area (Å²) in [6.45, 7) is 0.0679. The molecule has 14 heavy (non-hydrogen) atoms. The maximum atomic E-state index is 11.6. The molecule has 0 aromatic heterocycles. The van der Waals surface area contributed by atoms with Crippen LogP contribution in [0.25, 0.3) is 0 Å². The molecule has 1 rings (SSSR count). The van der Waals surface area contributed by atoms with Crippen molar-refractivity contribution in [3.05, 3.63) is 0 Å². The molecule has 3 heteroatoms. The zero-order valence-corrected chi connectivity index (χ0v) is 8.75. The second-order valence-electron chi connectivity index (χ2n) is 3.95. The quantitative estimate of drug-likeness (QED) is 0.632. The second-order valence-corrected chi connectivity index (χ2v) is 3.95. The van der Waals surface area contributed by atoms with Crippen LogP contribution >= 0.6 is 0 Å². The largest absolute Gasteiger partial charge is 0.377 e. The van der Waals surface area contributed by atoms with Crippen molar-refractivity contribution in [2.75, 3.05) is 13.7 Å². The van der Waals surface area contributed by atoms with E-state index in [1.165, 1.54) is 13.5 Å². The molecule has 0 aromatic rings. The van der Waals surface area contributed by atoms with Crippen LogP contribution in [-0.4, -0.2) is 25.3 Å². The highest BCUT2D eigenvalue weighted by Gasteiger charge is 2.22. The van der Waals surface area contributed by atoms with E-state index in [1.54, 1.807) is 0 Å². The molecule has 0 atom stereocenters. The van der Waals surface area contributed by atoms with Crippen molar-refractivity contribution < 1.29 is 14.3 Å². The van der Waals surface area contributed by atoms with Gasteiger partial charge in [0, 0.05) is 13.0 Å². The minimum Gasteiger partial charge on any atom is -0.377 e. The molecule has 0 amide bonds. The van der Waals surface area contributed by atoms with Crippen molar-refractivity contribution >= 4 is 11.6 Å². The van der Waals surface area contributed by atoms with Gasteiger partial charge < -0.3 is 4.74 Å². The van der Waals surface area contributed by atoms with Crippen LogP contribution in [0.1, 0.15) is 38.5 Å². The summed E-state index contributed by atoms with van der Waals surface area (Å²) < 4.78 is 4.69. The van der Waals surface area contributed by atoms with E-state index >= 15 is 0 Å². The highest BCUT2D eigenvalue weighted by atomic mass is 16.5. The van der Waals surface area contributed by atoms with Crippen molar-refractivity contribution in [3.63, 3.8) is 0 Å². The lowest BCUT2D eigenvalue weighted by Crippen LogP contribution is -2.22. The van der Waals surface area contributed by atoms with Gasteiger partial charge in [0.15, 0.2) is 5.78 Å². The minimum absolute atomic E-state index is 0.0679. The molecule has 0 heterocycles. The SMILES string of the molecule is COCC(=O)CC(=O)C1CCCCC1. The number of ether oxygens (including phenoxy) is 1. The van der Waals surface area contributed by atoms with Gasteiger partial charge in [0.1, 0.15) is 12.4 Å². The van der Waals surface area contributed by atoms with Gasteiger partial charge in [0.05, 0.1) is 6.42 Å². The van der Waals surface area contributed by atoms with Crippen LogP contribution in [0.15, 0.2) is 0 Å². The number of hydrogen-bond acceptors (Lipinski definition) is 3. The van der Waals surface area contributed by atoms with Gasteiger partial charge in [-0.3, -0.25) is 9.59 Å². The lowest BCUT2D eigenvalue weighted by Gasteiger charge is -2.19. The van der Waals surface area contributed by atoms with Gasteiger partial charge in [-0.15, -0.1) is 0 Å². The Morgan fingerprint density at radius 2 is 1.86 bits per heavy atom. The second kappa shape index (κ2) is 5.91. The van der Waals surface area contributed by atoms with E-state index in [2.05, 4.69) is 0 Å². The number of rotatable bonds is 5. The molecule has 1 aliphatic carbocycles. The molecule has 0 N–H and O–H groups in total. The van der Waals surface area contributed by atoms with Gasteiger partial charge in [-0.1, -0.05) is 19.3 Å². The molecule has 1 fully saturated rings. The van der Waals surface area contributed by atoms with E-state index in [9.17, 15) is 9.59 Å². The van der Waals surface area contributed by atoms with Gasteiger partial charge in [-0.25, -0.2) is 0 Å². The van der Waals surface area contributed by atoms with Crippen molar-refractivity contribution in [2.24, 2.45) is 5.92 Å². The number of ketones is 2. The fraction of sp³-hybridized carbons (Fsp3) is 0.818. The van der Waals surface area contributed by atoms with Crippen LogP contribution in [0.4, 0.5) is 0 Å². The summed E-state index contributed by atoms with van der Waals surface area (Å²) in [4.78, 5) is 22.8. The first-order valence-corrected chi connectivity index (χ1v) is 5.27. The molecule has 0 bridgehead atoms. The summed E-state index contributed by atoms with van der Waals surface area (Å²) in [5.41, 5.74) is 0. The third kappa shape index (κ3) is 3.58. The first-order chi connectivity index (χ1) is 6.74. The summed E-state index contributed by atoms with van der Waals surface area (Å²) in [5.74, 6) is 0.166. The molecule has 0 radical (unpaired) electrons. The Hall–Kier alpha value is -0.700. The Bertz CT molecular complexity index is 205. The number of carbonyl (C=O) groups excluding carboxylic acids is 2. The van der Waals surface area contributed by atoms with E-state index < -0.39 is 0 Å². The molecule has 0 aromatic carbocycles. The zero-order chi connectivity index (χ0) is 10.4. The predicted molar refractivity (Wildman–Crippen MR) is 53.1 cm³/mol. The highest BCUT2D eigenvalue weighted by molar-refractivity contribution is 6.00. The van der Waals surface area contributed by atoms with Crippen LogP contribution < -0.4 is 0 Å². The van der Waals surface area contributed by atoms with Crippen molar-refractivity contribution in [3.8, 4) is 0 Å². The van der Waals surface area contributed by atoms with Gasteiger partial charge in [-0.2, -0.15) is 0 Å². The number of hydrogen-bond donors (Lipinski definition) is 0. The third-order valence-electron chi connectivity index (χ3n) is 2.74. The number of carbonyl (C=O) groups is 2. The lowest BCUT2D eigenvalue weighted by molar-refractivity contribution is -0.131. The molecule has 80 valence electrons. The van der Waals surface area contributed by atoms with Crippen LogP contribution in [0.2, 0.25) is 0 Å². The molecular formula is C11H18O3. The van der Waals surface area contributed by atoms with Gasteiger partial charge in [0.2, 0.25) is 0 Å². The number of Topliss-reactive ketones (excluding diaryl/α,β-unsaturated/α-hetero) is 2. The first-order valence-electron chi connectivity index (χ1n) is 5.27. The normalized spacial score (nSPS) is 18.1. The summed E-state index contributed by atoms with van der Waals surface area (Å²) in [7, 11) is 1.48. The molecule has 0 unspecified atom stereocenters. The van der Waals surface area contributed by atoms with Crippen molar-refractivity contribution in [1.29, 1.82) is 0 Å². The fourth-order valence-electron chi connectivity index (χ4n) is 1.98. The monoisotopic (exact) mass is 198 g/mol. The molecule has 0 aliphatic heterocycles. The molecular weight excluding hydrogens is 180 g/mol. The minimum atomic E-state index is -0.0944. The maximum absolute atomic E-state index is 11.6. The van der Waals surface area contributed by atoms with Crippen LogP contribution in [-0.2, 0) is 14.3 Å². The van der Waals surface area contributed by atoms with Crippen LogP contribution in [0.3, 0.4) is 0 Å². The van der Waals surface area contributed by atoms with Gasteiger partial charge >= 0.3 is 0 Å². The predicted octanol–water partition coefficient (Wildman–Crippen LogP) is 1.74. The summed E-state index contributed by atoms with van der Waals surface area (Å²) >= 11 is 0. The molecule has 3 nitrogen and oxygen atoms in total. The lowest BCUT2D eigenvalue weighted by atomic mass is 9.85. The summed E-state index contributed by atoms with van der Waals surface area (Å²) in [6.07, 6.45) is 5.51. The zero-order valence-electron chi connectivity index (χ0n) is 8.75. The Morgan fingerprint density at radius 3 is 2.43 bits per heavy atom. The van der Waals surface area contributed by atoms with Crippen molar-refractivity contribution in [2.45, 2.75) is 38.5 Å². The summed E-state index contributed by atoms with van der Waals surface area (Å²) in [6, 6.07) is 0. The number of methoxy groups -OCH3 is 1. The molecule has 0 saturated heterocycles. The summed E-state index contributed by atoms with van der Waals surface area (Å²) in [5, 5.41) is 0. The Kier molecular flexibility index (Phi) is 4.80. The Labute approximate surface area is 84.8 Å². The smallest absolute Gasteiger partial charge is 0.165 e. The average Bonchev–Trinajstić information content (AvgIpc) is 2.19. The fourth-order valence-corrected chi connectivity index (χ4v) is 1.98. The van der Waals surface area contributed by atoms with Crippen LogP contribution in [0.5, 0.6) is 0 Å². The van der Waals surface area contributed by atoms with E-state index in [0.717, 1.165) is 25.7 Å². The standard InChI is InChI=1S/C11H18O3/c1-14-8-10(12)7-11(13)9-5-3-2-4-6-9/h9H,2-8H2,1H3. The topological polar surface area (TPSA) is 43.4 Å². The van der Waals surface area contributed by atoms with Gasteiger partial charge in [0.25, 0.3) is 0 Å². The van der Waals surface area contributed by atoms with E-state index in [-0.39, 0.29) is 30.5 Å². The molecule has 1 saturated carbocycles. The van der Waals surface area contributed by atoms with E-state index in [1.807, 2.05) is 0 Å². The molecule has 0 spiro atoms. The van der Waals surface area contributed by atoms with E-state index in [4.69, 9.17) is 4.74 Å². The van der Waals surface area contributed by atoms with Crippen LogP contribution in [0, 0.1) is 5.92 Å². The first kappa shape index (κ1) is 11.4. The maximum Gasteiger partial charge on any atom is 0.165 e. The van der Waals surface area contributed by atoms with Gasteiger partial charge in [-0.05, 0) is 12.8 Å².